The van der Waals surface area contributed by atoms with Gasteiger partial charge in [-0.25, -0.2) is 8.42 Å². The molecule has 0 spiro atoms. The molecule has 2 amide bonds. The van der Waals surface area contributed by atoms with Gasteiger partial charge in [0.1, 0.15) is 18.3 Å². The number of hydrogen-bond acceptors (Lipinski definition) is 7. The maximum Gasteiger partial charge on any atom is 0.273 e. The van der Waals surface area contributed by atoms with Gasteiger partial charge in [0.05, 0.1) is 32.7 Å². The Morgan fingerprint density at radius 3 is 2.25 bits per heavy atom. The van der Waals surface area contributed by atoms with E-state index in [9.17, 15) is 28.1 Å². The zero-order valence-electron chi connectivity index (χ0n) is 24.9. The number of amides is 2. The van der Waals surface area contributed by atoms with Gasteiger partial charge in [0.25, 0.3) is 15.7 Å². The summed E-state index contributed by atoms with van der Waals surface area (Å²) in [6.45, 7) is 5.96. The zero-order chi connectivity index (χ0) is 32.8. The molecule has 1 N–H and O–H groups in total. The average molecular weight is 666 g/mol. The van der Waals surface area contributed by atoms with E-state index in [-0.39, 0.29) is 39.4 Å². The molecule has 0 unspecified atom stereocenters. The van der Waals surface area contributed by atoms with Crippen LogP contribution in [-0.2, 0) is 26.2 Å². The van der Waals surface area contributed by atoms with Crippen molar-refractivity contribution >= 4 is 56.4 Å². The fourth-order valence-corrected chi connectivity index (χ4v) is 5.99. The molecule has 2 atom stereocenters. The molecule has 0 aliphatic heterocycles. The second kappa shape index (κ2) is 14.7. The summed E-state index contributed by atoms with van der Waals surface area (Å²) in [6.07, 6.45) is 0.658. The summed E-state index contributed by atoms with van der Waals surface area (Å²) in [5.41, 5.74) is 0.552. The molecule has 0 heterocycles. The van der Waals surface area contributed by atoms with Crippen LogP contribution in [0.2, 0.25) is 10.0 Å². The Morgan fingerprint density at radius 2 is 1.68 bits per heavy atom. The molecule has 0 radical (unpaired) electrons. The maximum atomic E-state index is 14.1. The van der Waals surface area contributed by atoms with Gasteiger partial charge in [-0.3, -0.25) is 24.0 Å². The Morgan fingerprint density at radius 1 is 1.02 bits per heavy atom. The van der Waals surface area contributed by atoms with Crippen molar-refractivity contribution in [1.29, 1.82) is 0 Å². The quantitative estimate of drug-likeness (QED) is 0.181. The lowest BCUT2D eigenvalue weighted by Gasteiger charge is -2.32. The molecule has 0 aliphatic carbocycles. The normalized spacial score (nSPS) is 12.6. The minimum atomic E-state index is -4.53. The number of carbonyl (C=O) groups excluding carboxylic acids is 2. The van der Waals surface area contributed by atoms with Crippen LogP contribution in [0.25, 0.3) is 0 Å². The Labute approximate surface area is 266 Å². The standard InChI is InChI=1S/C30H34Cl2N4O7S/c1-6-20(3)33-30(38)21(4)34(17-22-8-14-26(31)27(32)15-22)29(37)18-35(23-9-11-24(43-5)12-10-23)44(41,42)25-13-7-19(2)28(16-25)36(39)40/h7-16,20-21H,6,17-18H2,1-5H3,(H,33,38)/t20-,21+/m1/s1. The maximum absolute atomic E-state index is 14.1. The fourth-order valence-electron chi connectivity index (χ4n) is 4.23. The third-order valence-corrected chi connectivity index (χ3v) is 9.62. The smallest absolute Gasteiger partial charge is 0.273 e. The highest BCUT2D eigenvalue weighted by atomic mass is 35.5. The number of nitrogens with one attached hydrogen (secondary N) is 1. The molecule has 0 aliphatic rings. The molecule has 11 nitrogen and oxygen atoms in total. The van der Waals surface area contributed by atoms with Crippen LogP contribution in [0.15, 0.2) is 65.6 Å². The Kier molecular flexibility index (Phi) is 11.6. The molecular formula is C30H34Cl2N4O7S. The number of anilines is 1. The van der Waals surface area contributed by atoms with Crippen molar-refractivity contribution in [1.82, 2.24) is 10.2 Å². The van der Waals surface area contributed by atoms with Gasteiger partial charge in [-0.1, -0.05) is 42.3 Å². The molecule has 0 fully saturated rings. The third kappa shape index (κ3) is 8.19. The monoisotopic (exact) mass is 664 g/mol. The van der Waals surface area contributed by atoms with Gasteiger partial charge in [0.15, 0.2) is 0 Å². The Balaban J connectivity index is 2.10. The van der Waals surface area contributed by atoms with Crippen molar-refractivity contribution in [2.45, 2.75) is 57.6 Å². The van der Waals surface area contributed by atoms with Crippen LogP contribution >= 0.6 is 23.2 Å². The number of benzene rings is 3. The number of methoxy groups -OCH3 is 1. The molecule has 236 valence electrons. The number of ether oxygens (including phenoxy) is 1. The van der Waals surface area contributed by atoms with Gasteiger partial charge >= 0.3 is 0 Å². The number of nitrogens with zero attached hydrogens (tertiary/aromatic N) is 3. The van der Waals surface area contributed by atoms with Gasteiger partial charge in [-0.15, -0.1) is 0 Å². The van der Waals surface area contributed by atoms with E-state index in [1.807, 2.05) is 13.8 Å². The lowest BCUT2D eigenvalue weighted by atomic mass is 10.1. The number of rotatable bonds is 13. The first-order valence-electron chi connectivity index (χ1n) is 13.6. The van der Waals surface area contributed by atoms with Crippen molar-refractivity contribution in [3.8, 4) is 5.75 Å². The van der Waals surface area contributed by atoms with Gasteiger partial charge in [0, 0.05) is 24.2 Å². The number of nitro groups is 1. The van der Waals surface area contributed by atoms with Gasteiger partial charge in [-0.05, 0) is 75.2 Å². The predicted octanol–water partition coefficient (Wildman–Crippen LogP) is 5.75. The van der Waals surface area contributed by atoms with Crippen LogP contribution in [-0.4, -0.2) is 55.8 Å². The van der Waals surface area contributed by atoms with E-state index in [2.05, 4.69) is 5.32 Å². The van der Waals surface area contributed by atoms with Crippen molar-refractivity contribution in [3.05, 3.63) is 92.0 Å². The van der Waals surface area contributed by atoms with Crippen LogP contribution in [0.3, 0.4) is 0 Å². The second-order valence-corrected chi connectivity index (χ2v) is 12.9. The molecule has 0 saturated carbocycles. The first-order chi connectivity index (χ1) is 20.7. The summed E-state index contributed by atoms with van der Waals surface area (Å²) >= 11 is 12.3. The number of hydrogen-bond donors (Lipinski definition) is 1. The van der Waals surface area contributed by atoms with Crippen LogP contribution in [0.5, 0.6) is 5.75 Å². The van der Waals surface area contributed by atoms with Crippen LogP contribution < -0.4 is 14.4 Å². The van der Waals surface area contributed by atoms with Crippen LogP contribution in [0, 0.1) is 17.0 Å². The highest BCUT2D eigenvalue weighted by Crippen LogP contribution is 2.30. The van der Waals surface area contributed by atoms with Crippen molar-refractivity contribution in [3.63, 3.8) is 0 Å². The summed E-state index contributed by atoms with van der Waals surface area (Å²) in [5, 5.41) is 15.0. The first kappa shape index (κ1) is 34.6. The largest absolute Gasteiger partial charge is 0.497 e. The van der Waals surface area contributed by atoms with Crippen molar-refractivity contribution in [2.75, 3.05) is 18.0 Å². The predicted molar refractivity (Wildman–Crippen MR) is 170 cm³/mol. The number of nitro benzene ring substituents is 1. The highest BCUT2D eigenvalue weighted by Gasteiger charge is 2.33. The molecule has 0 saturated heterocycles. The minimum Gasteiger partial charge on any atom is -0.497 e. The van der Waals surface area contributed by atoms with E-state index in [0.29, 0.717) is 22.8 Å². The molecular weight excluding hydrogens is 631 g/mol. The fraction of sp³-hybridized carbons (Fsp3) is 0.333. The first-order valence-corrected chi connectivity index (χ1v) is 15.8. The summed E-state index contributed by atoms with van der Waals surface area (Å²) in [4.78, 5) is 39.0. The molecule has 44 heavy (non-hydrogen) atoms. The van der Waals surface area contributed by atoms with Gasteiger partial charge in [0.2, 0.25) is 11.8 Å². The molecule has 3 rings (SSSR count). The zero-order valence-corrected chi connectivity index (χ0v) is 27.2. The lowest BCUT2D eigenvalue weighted by molar-refractivity contribution is -0.385. The Bertz CT molecular complexity index is 1630. The van der Waals surface area contributed by atoms with Crippen molar-refractivity contribution < 1.29 is 27.7 Å². The average Bonchev–Trinajstić information content (AvgIpc) is 2.99. The molecule has 14 heteroatoms. The summed E-state index contributed by atoms with van der Waals surface area (Å²) in [6, 6.07) is 13.1. The minimum absolute atomic E-state index is 0.0860. The molecule has 0 aromatic heterocycles. The van der Waals surface area contributed by atoms with E-state index in [0.717, 1.165) is 10.4 Å². The summed E-state index contributed by atoms with van der Waals surface area (Å²) < 4.78 is 34.1. The number of carbonyl (C=O) groups is 2. The van der Waals surface area contributed by atoms with E-state index in [4.69, 9.17) is 27.9 Å². The number of halogens is 2. The number of sulfonamides is 1. The topological polar surface area (TPSA) is 139 Å². The second-order valence-electron chi connectivity index (χ2n) is 10.2. The Hall–Kier alpha value is -3.87. The summed E-state index contributed by atoms with van der Waals surface area (Å²) in [5.74, 6) is -0.690. The van der Waals surface area contributed by atoms with Gasteiger partial charge in [-0.2, -0.15) is 0 Å². The van der Waals surface area contributed by atoms with E-state index in [1.54, 1.807) is 25.1 Å². The molecule has 3 aromatic carbocycles. The number of aryl methyl sites for hydroxylation is 1. The molecule has 3 aromatic rings. The van der Waals surface area contributed by atoms with Crippen molar-refractivity contribution in [2.24, 2.45) is 0 Å². The third-order valence-electron chi connectivity index (χ3n) is 7.11. The van der Waals surface area contributed by atoms with Crippen LogP contribution in [0.1, 0.15) is 38.3 Å². The molecule has 0 bridgehead atoms. The highest BCUT2D eigenvalue weighted by molar-refractivity contribution is 7.92. The SMILES string of the molecule is CC[C@@H](C)NC(=O)[C@H](C)N(Cc1ccc(Cl)c(Cl)c1)C(=O)CN(c1ccc(OC)cc1)S(=O)(=O)c1ccc(C)c([N+](=O)[O-])c1. The van der Waals surface area contributed by atoms with E-state index < -0.39 is 39.3 Å². The van der Waals surface area contributed by atoms with Crippen LogP contribution in [0.4, 0.5) is 11.4 Å². The van der Waals surface area contributed by atoms with E-state index in [1.165, 1.54) is 55.3 Å². The van der Waals surface area contributed by atoms with Gasteiger partial charge < -0.3 is 15.0 Å². The summed E-state index contributed by atoms with van der Waals surface area (Å²) in [7, 11) is -3.08. The van der Waals surface area contributed by atoms with E-state index >= 15 is 0 Å². The lowest BCUT2D eigenvalue weighted by Crippen LogP contribution is -2.52.